The van der Waals surface area contributed by atoms with Gasteiger partial charge in [0.1, 0.15) is 5.84 Å². The summed E-state index contributed by atoms with van der Waals surface area (Å²) in [6, 6.07) is 0. The van der Waals surface area contributed by atoms with Gasteiger partial charge in [0.2, 0.25) is 0 Å². The van der Waals surface area contributed by atoms with Crippen LogP contribution in [0.25, 0.3) is 0 Å². The van der Waals surface area contributed by atoms with Crippen molar-refractivity contribution in [2.24, 2.45) is 16.3 Å². The smallest absolute Gasteiger partial charge is 0.144 e. The van der Waals surface area contributed by atoms with Gasteiger partial charge in [-0.1, -0.05) is 25.9 Å². The highest BCUT2D eigenvalue weighted by molar-refractivity contribution is 5.85. The van der Waals surface area contributed by atoms with E-state index in [9.17, 15) is 5.11 Å². The fraction of sp³-hybridized carbons (Fsp3) is 0.900. The minimum Gasteiger partial charge on any atom is -0.409 e. The third-order valence-corrected chi connectivity index (χ3v) is 2.58. The van der Waals surface area contributed by atoms with E-state index in [1.807, 2.05) is 20.8 Å². The molecule has 0 saturated heterocycles. The van der Waals surface area contributed by atoms with Crippen LogP contribution in [0.3, 0.4) is 0 Å². The van der Waals surface area contributed by atoms with Crippen molar-refractivity contribution in [1.82, 2.24) is 5.32 Å². The van der Waals surface area contributed by atoms with E-state index in [1.165, 1.54) is 0 Å². The second-order valence-corrected chi connectivity index (χ2v) is 4.39. The minimum atomic E-state index is -0.321. The van der Waals surface area contributed by atoms with E-state index in [2.05, 4.69) is 10.5 Å². The molecule has 5 heteroatoms. The van der Waals surface area contributed by atoms with Gasteiger partial charge in [0.15, 0.2) is 0 Å². The lowest BCUT2D eigenvalue weighted by Gasteiger charge is -2.23. The highest BCUT2D eigenvalue weighted by Gasteiger charge is 2.22. The van der Waals surface area contributed by atoms with E-state index >= 15 is 0 Å². The van der Waals surface area contributed by atoms with E-state index < -0.39 is 0 Å². The molecule has 15 heavy (non-hydrogen) atoms. The summed E-state index contributed by atoms with van der Waals surface area (Å²) in [5.41, 5.74) is 5.22. The number of rotatable bonds is 7. The van der Waals surface area contributed by atoms with Gasteiger partial charge < -0.3 is 21.4 Å². The summed E-state index contributed by atoms with van der Waals surface area (Å²) in [7, 11) is 0. The average Bonchev–Trinajstić information content (AvgIpc) is 2.22. The topological polar surface area (TPSA) is 90.9 Å². The second kappa shape index (κ2) is 6.63. The van der Waals surface area contributed by atoms with E-state index in [-0.39, 0.29) is 17.4 Å². The van der Waals surface area contributed by atoms with Crippen molar-refractivity contribution in [3.05, 3.63) is 0 Å². The second-order valence-electron chi connectivity index (χ2n) is 4.39. The molecule has 0 bridgehead atoms. The number of nitrogens with two attached hydrogens (primary N) is 1. The van der Waals surface area contributed by atoms with Crippen LogP contribution < -0.4 is 11.1 Å². The van der Waals surface area contributed by atoms with Crippen molar-refractivity contribution in [2.45, 2.75) is 39.7 Å². The van der Waals surface area contributed by atoms with Crippen LogP contribution in [0.4, 0.5) is 0 Å². The Morgan fingerprint density at radius 1 is 1.53 bits per heavy atom. The first-order valence-corrected chi connectivity index (χ1v) is 5.30. The number of amidine groups is 1. The number of oxime groups is 1. The molecule has 0 aliphatic rings. The Hall–Kier alpha value is -0.810. The number of aliphatic hydroxyl groups excluding tert-OH is 1. The molecule has 0 saturated carbocycles. The van der Waals surface area contributed by atoms with Crippen LogP contribution in [0.1, 0.15) is 33.6 Å². The predicted octanol–water partition coefficient (Wildman–Crippen LogP) is 0.510. The molecule has 5 N–H and O–H groups in total. The molecular weight excluding hydrogens is 194 g/mol. The molecule has 5 nitrogen and oxygen atoms in total. The van der Waals surface area contributed by atoms with Crippen LogP contribution in [0.5, 0.6) is 0 Å². The van der Waals surface area contributed by atoms with Crippen molar-refractivity contribution >= 4 is 5.84 Å². The first-order valence-electron chi connectivity index (χ1n) is 5.30. The van der Waals surface area contributed by atoms with Crippen molar-refractivity contribution in [3.8, 4) is 0 Å². The summed E-state index contributed by atoms with van der Waals surface area (Å²) in [5, 5.41) is 24.0. The molecule has 90 valence electrons. The molecule has 0 aliphatic heterocycles. The van der Waals surface area contributed by atoms with Gasteiger partial charge in [-0.15, -0.1) is 0 Å². The van der Waals surface area contributed by atoms with Crippen LogP contribution in [-0.2, 0) is 0 Å². The van der Waals surface area contributed by atoms with E-state index in [4.69, 9.17) is 10.9 Å². The maximum atomic E-state index is 9.29. The SMILES string of the molecule is CCC(O)CNCCC(C)(C)C(N)=NO. The third kappa shape index (κ3) is 5.59. The summed E-state index contributed by atoms with van der Waals surface area (Å²) < 4.78 is 0. The number of nitrogens with zero attached hydrogens (tertiary/aromatic N) is 1. The Morgan fingerprint density at radius 3 is 2.60 bits per heavy atom. The summed E-state index contributed by atoms with van der Waals surface area (Å²) in [6.45, 7) is 7.09. The zero-order valence-electron chi connectivity index (χ0n) is 9.82. The summed E-state index contributed by atoms with van der Waals surface area (Å²) in [4.78, 5) is 0. The summed E-state index contributed by atoms with van der Waals surface area (Å²) in [5.74, 6) is 0.236. The van der Waals surface area contributed by atoms with E-state index in [0.29, 0.717) is 6.54 Å². The van der Waals surface area contributed by atoms with Gasteiger partial charge in [-0.2, -0.15) is 0 Å². The molecule has 0 aliphatic carbocycles. The molecule has 0 aromatic rings. The van der Waals surface area contributed by atoms with Gasteiger partial charge in [0, 0.05) is 12.0 Å². The van der Waals surface area contributed by atoms with Gasteiger partial charge in [0.05, 0.1) is 6.10 Å². The van der Waals surface area contributed by atoms with Crippen molar-refractivity contribution in [2.75, 3.05) is 13.1 Å². The molecule has 0 heterocycles. The highest BCUT2D eigenvalue weighted by Crippen LogP contribution is 2.19. The van der Waals surface area contributed by atoms with E-state index in [0.717, 1.165) is 19.4 Å². The van der Waals surface area contributed by atoms with Gasteiger partial charge >= 0.3 is 0 Å². The number of hydrogen-bond acceptors (Lipinski definition) is 4. The maximum Gasteiger partial charge on any atom is 0.144 e. The van der Waals surface area contributed by atoms with Crippen molar-refractivity contribution in [1.29, 1.82) is 0 Å². The Kier molecular flexibility index (Phi) is 6.27. The Bertz CT molecular complexity index is 205. The summed E-state index contributed by atoms with van der Waals surface area (Å²) >= 11 is 0. The van der Waals surface area contributed by atoms with Crippen LogP contribution in [0.15, 0.2) is 5.16 Å². The molecule has 0 aromatic carbocycles. The molecular formula is C10H23N3O2. The lowest BCUT2D eigenvalue weighted by atomic mass is 9.88. The van der Waals surface area contributed by atoms with Crippen LogP contribution in [0.2, 0.25) is 0 Å². The van der Waals surface area contributed by atoms with Crippen molar-refractivity contribution < 1.29 is 10.3 Å². The lowest BCUT2D eigenvalue weighted by Crippen LogP contribution is -2.36. The summed E-state index contributed by atoms with van der Waals surface area (Å²) in [6.07, 6.45) is 1.22. The molecule has 0 spiro atoms. The third-order valence-electron chi connectivity index (χ3n) is 2.58. The fourth-order valence-corrected chi connectivity index (χ4v) is 1.08. The van der Waals surface area contributed by atoms with E-state index in [1.54, 1.807) is 0 Å². The quantitative estimate of drug-likeness (QED) is 0.164. The van der Waals surface area contributed by atoms with Crippen LogP contribution in [-0.4, -0.2) is 35.3 Å². The van der Waals surface area contributed by atoms with Crippen LogP contribution >= 0.6 is 0 Å². The van der Waals surface area contributed by atoms with Crippen LogP contribution in [0, 0.1) is 5.41 Å². The molecule has 0 aromatic heterocycles. The maximum absolute atomic E-state index is 9.29. The first-order chi connectivity index (χ1) is 6.94. The number of aliphatic hydroxyl groups is 1. The van der Waals surface area contributed by atoms with Crippen molar-refractivity contribution in [3.63, 3.8) is 0 Å². The largest absolute Gasteiger partial charge is 0.409 e. The molecule has 1 atom stereocenters. The number of hydrogen-bond donors (Lipinski definition) is 4. The minimum absolute atomic E-state index is 0.236. The predicted molar refractivity (Wildman–Crippen MR) is 61.0 cm³/mol. The highest BCUT2D eigenvalue weighted by atomic mass is 16.4. The lowest BCUT2D eigenvalue weighted by molar-refractivity contribution is 0.166. The zero-order chi connectivity index (χ0) is 11.9. The Labute approximate surface area is 91.4 Å². The van der Waals surface area contributed by atoms with Gasteiger partial charge in [-0.3, -0.25) is 0 Å². The Morgan fingerprint density at radius 2 is 2.13 bits per heavy atom. The average molecular weight is 217 g/mol. The van der Waals surface area contributed by atoms with Gasteiger partial charge in [0.25, 0.3) is 0 Å². The number of nitrogens with one attached hydrogen (secondary N) is 1. The van der Waals surface area contributed by atoms with Gasteiger partial charge in [-0.25, -0.2) is 0 Å². The first kappa shape index (κ1) is 14.2. The fourth-order valence-electron chi connectivity index (χ4n) is 1.08. The Balaban J connectivity index is 3.76. The molecule has 1 unspecified atom stereocenters. The molecule has 0 rings (SSSR count). The normalized spacial score (nSPS) is 15.3. The molecule has 0 fully saturated rings. The molecule has 0 radical (unpaired) electrons. The molecule has 0 amide bonds. The van der Waals surface area contributed by atoms with Gasteiger partial charge in [-0.05, 0) is 19.4 Å². The zero-order valence-corrected chi connectivity index (χ0v) is 9.82. The monoisotopic (exact) mass is 217 g/mol. The standard InChI is InChI=1S/C10H23N3O2/c1-4-8(14)7-12-6-5-10(2,3)9(11)13-15/h8,12,14-15H,4-7H2,1-3H3,(H2,11,13).